The maximum absolute atomic E-state index is 5.34. The zero-order valence-corrected chi connectivity index (χ0v) is 26.7. The Morgan fingerprint density at radius 2 is 1.10 bits per heavy atom. The summed E-state index contributed by atoms with van der Waals surface area (Å²) in [7, 11) is 0. The van der Waals surface area contributed by atoms with Crippen molar-refractivity contribution in [3.8, 4) is 39.5 Å². The molecule has 0 saturated heterocycles. The Balaban J connectivity index is 1.18. The van der Waals surface area contributed by atoms with Crippen LogP contribution in [0, 0.1) is 0 Å². The van der Waals surface area contributed by atoms with E-state index in [9.17, 15) is 0 Å². The largest absolute Gasteiger partial charge is 0.309 e. The summed E-state index contributed by atoms with van der Waals surface area (Å²) in [5, 5.41) is 5.98. The predicted molar refractivity (Wildman–Crippen MR) is 203 cm³/mol. The summed E-state index contributed by atoms with van der Waals surface area (Å²) in [6, 6.07) is 58.3. The third-order valence-electron chi connectivity index (χ3n) is 9.39. The second kappa shape index (κ2) is 10.7. The topological polar surface area (TPSA) is 30.7 Å². The Morgan fingerprint density at radius 3 is 1.98 bits per heavy atom. The van der Waals surface area contributed by atoms with Crippen LogP contribution in [0.1, 0.15) is 0 Å². The van der Waals surface area contributed by atoms with Crippen LogP contribution >= 0.6 is 11.3 Å². The van der Waals surface area contributed by atoms with E-state index < -0.39 is 0 Å². The molecule has 0 aliphatic carbocycles. The average Bonchev–Trinajstić information content (AvgIpc) is 3.71. The Labute approximate surface area is 281 Å². The lowest BCUT2D eigenvalue weighted by molar-refractivity contribution is 1.18. The van der Waals surface area contributed by atoms with E-state index in [4.69, 9.17) is 9.97 Å². The van der Waals surface area contributed by atoms with Crippen molar-refractivity contribution in [1.82, 2.24) is 14.5 Å². The Bertz CT molecular complexity index is 2830. The van der Waals surface area contributed by atoms with Crippen LogP contribution in [0.2, 0.25) is 0 Å². The van der Waals surface area contributed by atoms with Gasteiger partial charge in [0.2, 0.25) is 0 Å². The maximum Gasteiger partial charge on any atom is 0.160 e. The fourth-order valence-corrected chi connectivity index (χ4v) is 8.30. The lowest BCUT2D eigenvalue weighted by Gasteiger charge is -2.12. The highest BCUT2D eigenvalue weighted by Gasteiger charge is 2.18. The van der Waals surface area contributed by atoms with Gasteiger partial charge in [-0.3, -0.25) is 0 Å². The Hall–Kier alpha value is -6.10. The molecule has 0 radical (unpaired) electrons. The first-order valence-corrected chi connectivity index (χ1v) is 17.0. The van der Waals surface area contributed by atoms with Crippen LogP contribution in [0.25, 0.3) is 92.3 Å². The molecule has 0 aliphatic heterocycles. The Morgan fingerprint density at radius 1 is 0.417 bits per heavy atom. The van der Waals surface area contributed by atoms with Crippen LogP contribution in [-0.2, 0) is 0 Å². The van der Waals surface area contributed by atoms with Crippen molar-refractivity contribution in [3.63, 3.8) is 0 Å². The molecule has 0 bridgehead atoms. The van der Waals surface area contributed by atoms with Gasteiger partial charge in [0.15, 0.2) is 5.82 Å². The SMILES string of the molecule is c1ccc(-c2nc(-c3cccc(-c4ccc5c(c4)c4ccccc4n5-c4ccccc4)c3)nc3c2ccc2sc4ccccc4c23)cc1. The van der Waals surface area contributed by atoms with Crippen LogP contribution in [0.15, 0.2) is 164 Å². The van der Waals surface area contributed by atoms with E-state index in [2.05, 4.69) is 168 Å². The van der Waals surface area contributed by atoms with Gasteiger partial charge in [0.05, 0.1) is 22.2 Å². The van der Waals surface area contributed by atoms with Gasteiger partial charge in [-0.05, 0) is 65.7 Å². The predicted octanol–water partition coefficient (Wildman–Crippen LogP) is 12.1. The number of fused-ring (bicyclic) bond motifs is 8. The van der Waals surface area contributed by atoms with Crippen LogP contribution in [-0.4, -0.2) is 14.5 Å². The van der Waals surface area contributed by atoms with Crippen molar-refractivity contribution in [3.05, 3.63) is 164 Å². The number of para-hydroxylation sites is 2. The zero-order valence-electron chi connectivity index (χ0n) is 25.8. The minimum Gasteiger partial charge on any atom is -0.309 e. The van der Waals surface area contributed by atoms with Gasteiger partial charge in [0.1, 0.15) is 0 Å². The highest BCUT2D eigenvalue weighted by atomic mass is 32.1. The van der Waals surface area contributed by atoms with Crippen molar-refractivity contribution < 1.29 is 0 Å². The highest BCUT2D eigenvalue weighted by Crippen LogP contribution is 2.41. The average molecular weight is 630 g/mol. The first kappa shape index (κ1) is 27.1. The summed E-state index contributed by atoms with van der Waals surface area (Å²) in [5.74, 6) is 0.729. The molecule has 0 spiro atoms. The fraction of sp³-hybridized carbons (Fsp3) is 0. The molecule has 224 valence electrons. The van der Waals surface area contributed by atoms with E-state index in [1.165, 1.54) is 42.0 Å². The number of hydrogen-bond donors (Lipinski definition) is 0. The molecule has 0 unspecified atom stereocenters. The molecule has 0 atom stereocenters. The van der Waals surface area contributed by atoms with Crippen molar-refractivity contribution in [2.75, 3.05) is 0 Å². The second-order valence-corrected chi connectivity index (χ2v) is 13.3. The summed E-state index contributed by atoms with van der Waals surface area (Å²) in [6.07, 6.45) is 0. The zero-order chi connectivity index (χ0) is 31.6. The number of aromatic nitrogens is 3. The number of rotatable bonds is 4. The molecule has 0 aliphatic rings. The van der Waals surface area contributed by atoms with E-state index in [1.54, 1.807) is 0 Å². The normalized spacial score (nSPS) is 11.8. The minimum atomic E-state index is 0.729. The van der Waals surface area contributed by atoms with Crippen molar-refractivity contribution in [2.45, 2.75) is 0 Å². The molecular formula is C44H27N3S. The third kappa shape index (κ3) is 4.20. The van der Waals surface area contributed by atoms with Gasteiger partial charge in [-0.1, -0.05) is 109 Å². The maximum atomic E-state index is 5.34. The summed E-state index contributed by atoms with van der Waals surface area (Å²) in [6.45, 7) is 0. The molecule has 4 heteroatoms. The summed E-state index contributed by atoms with van der Waals surface area (Å²) in [5.41, 5.74) is 9.88. The molecule has 3 aromatic heterocycles. The third-order valence-corrected chi connectivity index (χ3v) is 10.5. The van der Waals surface area contributed by atoms with Gasteiger partial charge in [0.25, 0.3) is 0 Å². The first-order valence-electron chi connectivity index (χ1n) is 16.2. The molecule has 0 fully saturated rings. The summed E-state index contributed by atoms with van der Waals surface area (Å²) >= 11 is 1.82. The molecule has 10 rings (SSSR count). The van der Waals surface area contributed by atoms with Crippen molar-refractivity contribution in [1.29, 1.82) is 0 Å². The quantitative estimate of drug-likeness (QED) is 0.194. The summed E-state index contributed by atoms with van der Waals surface area (Å²) < 4.78 is 4.87. The molecule has 0 N–H and O–H groups in total. The molecule has 0 amide bonds. The number of hydrogen-bond acceptors (Lipinski definition) is 3. The number of benzene rings is 7. The van der Waals surface area contributed by atoms with Crippen LogP contribution in [0.3, 0.4) is 0 Å². The van der Waals surface area contributed by atoms with E-state index in [1.807, 2.05) is 11.3 Å². The highest BCUT2D eigenvalue weighted by molar-refractivity contribution is 7.26. The number of nitrogens with zero attached hydrogens (tertiary/aromatic N) is 3. The molecule has 10 aromatic rings. The van der Waals surface area contributed by atoms with E-state index in [0.29, 0.717) is 0 Å². The van der Waals surface area contributed by atoms with Gasteiger partial charge in [-0.15, -0.1) is 11.3 Å². The van der Waals surface area contributed by atoms with Crippen LogP contribution in [0.5, 0.6) is 0 Å². The van der Waals surface area contributed by atoms with Gasteiger partial charge in [0, 0.05) is 53.1 Å². The molecular weight excluding hydrogens is 603 g/mol. The fourth-order valence-electron chi connectivity index (χ4n) is 7.19. The minimum absolute atomic E-state index is 0.729. The van der Waals surface area contributed by atoms with E-state index >= 15 is 0 Å². The standard InChI is InChI=1S/C44H27N3S/c1-3-12-28(13-4-1)42-35-23-25-40-41(34-19-8-10-21-39(34)48-40)43(35)46-44(45-42)31-15-11-14-29(26-31)30-22-24-38-36(27-30)33-18-7-9-20-37(33)47(38)32-16-5-2-6-17-32/h1-27H. The van der Waals surface area contributed by atoms with E-state index in [-0.39, 0.29) is 0 Å². The van der Waals surface area contributed by atoms with Crippen LogP contribution < -0.4 is 0 Å². The monoisotopic (exact) mass is 629 g/mol. The molecule has 7 aromatic carbocycles. The second-order valence-electron chi connectivity index (χ2n) is 12.2. The van der Waals surface area contributed by atoms with Gasteiger partial charge in [-0.2, -0.15) is 0 Å². The Kier molecular flexibility index (Phi) is 6.05. The van der Waals surface area contributed by atoms with Gasteiger partial charge < -0.3 is 4.57 Å². The molecule has 48 heavy (non-hydrogen) atoms. The summed E-state index contributed by atoms with van der Waals surface area (Å²) in [4.78, 5) is 10.6. The van der Waals surface area contributed by atoms with Gasteiger partial charge in [-0.25, -0.2) is 9.97 Å². The lowest BCUT2D eigenvalue weighted by atomic mass is 9.99. The van der Waals surface area contributed by atoms with Crippen molar-refractivity contribution in [2.24, 2.45) is 0 Å². The van der Waals surface area contributed by atoms with Crippen molar-refractivity contribution >= 4 is 64.2 Å². The smallest absolute Gasteiger partial charge is 0.160 e. The van der Waals surface area contributed by atoms with Gasteiger partial charge >= 0.3 is 0 Å². The lowest BCUT2D eigenvalue weighted by Crippen LogP contribution is -1.96. The number of thiophene rings is 1. The van der Waals surface area contributed by atoms with E-state index in [0.717, 1.165) is 50.4 Å². The molecule has 3 nitrogen and oxygen atoms in total. The molecule has 0 saturated carbocycles. The van der Waals surface area contributed by atoms with Crippen LogP contribution in [0.4, 0.5) is 0 Å². The first-order chi connectivity index (χ1) is 23.8. The molecule has 3 heterocycles.